The van der Waals surface area contributed by atoms with Crippen molar-refractivity contribution in [2.75, 3.05) is 18.5 Å². The van der Waals surface area contributed by atoms with E-state index in [2.05, 4.69) is 5.32 Å². The van der Waals surface area contributed by atoms with E-state index >= 15 is 0 Å². The van der Waals surface area contributed by atoms with Crippen LogP contribution in [-0.2, 0) is 4.79 Å². The SMILES string of the molecule is CCOc1ccc(NC(=O)C2(C)CC2(Cl)Cl)cc1OCC. The minimum absolute atomic E-state index is 0.195. The number of anilines is 1. The van der Waals surface area contributed by atoms with Gasteiger partial charge in [0.1, 0.15) is 4.33 Å². The molecule has 1 aliphatic carbocycles. The first-order chi connectivity index (χ1) is 9.84. The van der Waals surface area contributed by atoms with Gasteiger partial charge in [-0.15, -0.1) is 23.2 Å². The largest absolute Gasteiger partial charge is 0.490 e. The van der Waals surface area contributed by atoms with E-state index in [4.69, 9.17) is 32.7 Å². The summed E-state index contributed by atoms with van der Waals surface area (Å²) in [6, 6.07) is 5.28. The average molecular weight is 332 g/mol. The highest BCUT2D eigenvalue weighted by molar-refractivity contribution is 6.53. The molecule has 1 fully saturated rings. The molecule has 1 unspecified atom stereocenters. The lowest BCUT2D eigenvalue weighted by molar-refractivity contribution is -0.120. The van der Waals surface area contributed by atoms with E-state index in [1.54, 1.807) is 25.1 Å². The first-order valence-corrected chi connectivity index (χ1v) is 7.68. The maximum Gasteiger partial charge on any atom is 0.233 e. The monoisotopic (exact) mass is 331 g/mol. The van der Waals surface area contributed by atoms with Crippen molar-refractivity contribution in [2.24, 2.45) is 5.41 Å². The molecule has 4 nitrogen and oxygen atoms in total. The van der Waals surface area contributed by atoms with E-state index in [0.29, 0.717) is 36.8 Å². The van der Waals surface area contributed by atoms with Crippen molar-refractivity contribution in [1.82, 2.24) is 0 Å². The van der Waals surface area contributed by atoms with Crippen LogP contribution in [0, 0.1) is 5.41 Å². The Kier molecular flexibility index (Phi) is 4.59. The predicted molar refractivity (Wildman–Crippen MR) is 84.6 cm³/mol. The molecular formula is C15H19Cl2NO3. The minimum Gasteiger partial charge on any atom is -0.490 e. The number of hydrogen-bond donors (Lipinski definition) is 1. The van der Waals surface area contributed by atoms with Crippen molar-refractivity contribution in [1.29, 1.82) is 0 Å². The molecule has 116 valence electrons. The van der Waals surface area contributed by atoms with Gasteiger partial charge in [-0.25, -0.2) is 0 Å². The standard InChI is InChI=1S/C15H19Cl2NO3/c1-4-20-11-7-6-10(8-12(11)21-5-2)18-13(19)14(3)9-15(14,16)17/h6-8H,4-5,9H2,1-3H3,(H,18,19). The molecular weight excluding hydrogens is 313 g/mol. The van der Waals surface area contributed by atoms with E-state index in [1.807, 2.05) is 13.8 Å². The van der Waals surface area contributed by atoms with Gasteiger partial charge in [0.2, 0.25) is 5.91 Å². The molecule has 0 aromatic heterocycles. The van der Waals surface area contributed by atoms with Crippen molar-refractivity contribution in [3.8, 4) is 11.5 Å². The number of carbonyl (C=O) groups excluding carboxylic acids is 1. The second-order valence-electron chi connectivity index (χ2n) is 5.19. The van der Waals surface area contributed by atoms with Crippen molar-refractivity contribution in [3.63, 3.8) is 0 Å². The summed E-state index contributed by atoms with van der Waals surface area (Å²) in [5.74, 6) is 1.05. The number of rotatable bonds is 6. The van der Waals surface area contributed by atoms with E-state index in [-0.39, 0.29) is 5.91 Å². The van der Waals surface area contributed by atoms with Crippen molar-refractivity contribution in [2.45, 2.75) is 31.5 Å². The highest BCUT2D eigenvalue weighted by atomic mass is 35.5. The molecule has 0 aliphatic heterocycles. The number of alkyl halides is 2. The van der Waals surface area contributed by atoms with Crippen molar-refractivity contribution >= 4 is 34.8 Å². The van der Waals surface area contributed by atoms with Crippen LogP contribution in [0.4, 0.5) is 5.69 Å². The van der Waals surface area contributed by atoms with Crippen LogP contribution < -0.4 is 14.8 Å². The molecule has 1 aromatic rings. The van der Waals surface area contributed by atoms with Crippen LogP contribution in [0.5, 0.6) is 11.5 Å². The van der Waals surface area contributed by atoms with Crippen LogP contribution >= 0.6 is 23.2 Å². The Bertz CT molecular complexity index is 548. The van der Waals surface area contributed by atoms with Crippen molar-refractivity contribution in [3.05, 3.63) is 18.2 Å². The fraction of sp³-hybridized carbons (Fsp3) is 0.533. The van der Waals surface area contributed by atoms with Gasteiger partial charge in [0, 0.05) is 11.8 Å². The summed E-state index contributed by atoms with van der Waals surface area (Å²) < 4.78 is 10.0. The Hall–Kier alpha value is -1.13. The quantitative estimate of drug-likeness (QED) is 0.801. The first-order valence-electron chi connectivity index (χ1n) is 6.93. The van der Waals surface area contributed by atoms with Crippen LogP contribution in [0.15, 0.2) is 18.2 Å². The molecule has 0 spiro atoms. The van der Waals surface area contributed by atoms with Gasteiger partial charge in [-0.05, 0) is 39.3 Å². The third-order valence-corrected chi connectivity index (χ3v) is 4.66. The normalized spacial score (nSPS) is 22.5. The van der Waals surface area contributed by atoms with Crippen LogP contribution in [0.25, 0.3) is 0 Å². The molecule has 0 radical (unpaired) electrons. The van der Waals surface area contributed by atoms with Crippen LogP contribution in [0.3, 0.4) is 0 Å². The summed E-state index contributed by atoms with van der Waals surface area (Å²) in [6.45, 7) is 6.61. The van der Waals surface area contributed by atoms with Gasteiger partial charge in [-0.2, -0.15) is 0 Å². The molecule has 1 N–H and O–H groups in total. The number of ether oxygens (including phenoxy) is 2. The zero-order chi connectivity index (χ0) is 15.7. The fourth-order valence-corrected chi connectivity index (χ4v) is 2.75. The number of amides is 1. The van der Waals surface area contributed by atoms with E-state index in [1.165, 1.54) is 0 Å². The van der Waals surface area contributed by atoms with Crippen LogP contribution in [0.1, 0.15) is 27.2 Å². The number of halogens is 2. The molecule has 6 heteroatoms. The molecule has 1 aliphatic rings. The Morgan fingerprint density at radius 3 is 2.33 bits per heavy atom. The number of benzene rings is 1. The highest BCUT2D eigenvalue weighted by Crippen LogP contribution is 2.64. The van der Waals surface area contributed by atoms with Crippen molar-refractivity contribution < 1.29 is 14.3 Å². The maximum atomic E-state index is 12.2. The summed E-state index contributed by atoms with van der Waals surface area (Å²) in [6.07, 6.45) is 0.449. The summed E-state index contributed by atoms with van der Waals surface area (Å²) in [5.41, 5.74) is -0.121. The maximum absolute atomic E-state index is 12.2. The van der Waals surface area contributed by atoms with Crippen LogP contribution in [0.2, 0.25) is 0 Å². The molecule has 0 saturated heterocycles. The second kappa shape index (κ2) is 5.93. The minimum atomic E-state index is -0.981. The Morgan fingerprint density at radius 1 is 1.24 bits per heavy atom. The molecule has 1 amide bonds. The van der Waals surface area contributed by atoms with E-state index in [0.717, 1.165) is 0 Å². The zero-order valence-electron chi connectivity index (χ0n) is 12.3. The lowest BCUT2D eigenvalue weighted by atomic mass is 10.1. The molecule has 0 bridgehead atoms. The summed E-state index contributed by atoms with van der Waals surface area (Å²) in [5, 5.41) is 2.82. The summed E-state index contributed by atoms with van der Waals surface area (Å²) >= 11 is 12.0. The Labute approximate surface area is 134 Å². The summed E-state index contributed by atoms with van der Waals surface area (Å²) in [4.78, 5) is 12.2. The number of hydrogen-bond acceptors (Lipinski definition) is 3. The van der Waals surface area contributed by atoms with Gasteiger partial charge < -0.3 is 14.8 Å². The van der Waals surface area contributed by atoms with Gasteiger partial charge >= 0.3 is 0 Å². The van der Waals surface area contributed by atoms with Crippen LogP contribution in [-0.4, -0.2) is 23.5 Å². The van der Waals surface area contributed by atoms with E-state index in [9.17, 15) is 4.79 Å². The third-order valence-electron chi connectivity index (χ3n) is 3.56. The van der Waals surface area contributed by atoms with Gasteiger partial charge in [-0.1, -0.05) is 0 Å². The molecule has 1 aromatic carbocycles. The Morgan fingerprint density at radius 2 is 1.81 bits per heavy atom. The smallest absolute Gasteiger partial charge is 0.233 e. The van der Waals surface area contributed by atoms with Gasteiger partial charge in [-0.3, -0.25) is 4.79 Å². The molecule has 21 heavy (non-hydrogen) atoms. The number of nitrogens with one attached hydrogen (secondary N) is 1. The highest BCUT2D eigenvalue weighted by Gasteiger charge is 2.67. The second-order valence-corrected chi connectivity index (χ2v) is 6.68. The molecule has 1 atom stereocenters. The van der Waals surface area contributed by atoms with Gasteiger partial charge in [0.05, 0.1) is 18.6 Å². The third kappa shape index (κ3) is 3.22. The Balaban J connectivity index is 2.14. The number of carbonyl (C=O) groups is 1. The lowest BCUT2D eigenvalue weighted by Crippen LogP contribution is -2.25. The first kappa shape index (κ1) is 16.2. The van der Waals surface area contributed by atoms with Gasteiger partial charge in [0.25, 0.3) is 0 Å². The average Bonchev–Trinajstić information content (AvgIpc) is 2.94. The zero-order valence-corrected chi connectivity index (χ0v) is 13.8. The van der Waals surface area contributed by atoms with Gasteiger partial charge in [0.15, 0.2) is 11.5 Å². The molecule has 1 saturated carbocycles. The predicted octanol–water partition coefficient (Wildman–Crippen LogP) is 4.01. The fourth-order valence-electron chi connectivity index (χ4n) is 2.04. The van der Waals surface area contributed by atoms with E-state index < -0.39 is 9.75 Å². The summed E-state index contributed by atoms with van der Waals surface area (Å²) in [7, 11) is 0. The topological polar surface area (TPSA) is 47.6 Å². The molecule has 2 rings (SSSR count). The lowest BCUT2D eigenvalue weighted by Gasteiger charge is -2.15. The molecule has 0 heterocycles.